The maximum Gasteiger partial charge on any atom is 0.0278 e. The smallest absolute Gasteiger partial charge is 0.0278 e. The highest BCUT2D eigenvalue weighted by atomic mass is 15.4. The number of fused-ring (bicyclic) bond motifs is 1. The molecular formula is C12H24N2. The molecule has 0 aromatic carbocycles. The molecule has 82 valence electrons. The van der Waals surface area contributed by atoms with E-state index in [1.165, 1.54) is 19.6 Å². The van der Waals surface area contributed by atoms with Crippen LogP contribution in [0.25, 0.3) is 0 Å². The molecule has 0 radical (unpaired) electrons. The molecule has 0 aliphatic carbocycles. The van der Waals surface area contributed by atoms with Gasteiger partial charge in [0.25, 0.3) is 0 Å². The zero-order valence-corrected chi connectivity index (χ0v) is 10.2. The SMILES string of the molecule is CC(C)N1C[C@H]2CN(C(C)(C)C)C[C@H]21. The lowest BCUT2D eigenvalue weighted by molar-refractivity contribution is 0.0213. The summed E-state index contributed by atoms with van der Waals surface area (Å²) >= 11 is 0. The van der Waals surface area contributed by atoms with Gasteiger partial charge < -0.3 is 0 Å². The molecule has 0 bridgehead atoms. The Kier molecular flexibility index (Phi) is 2.39. The fourth-order valence-corrected chi connectivity index (χ4v) is 2.82. The molecule has 2 rings (SSSR count). The first kappa shape index (κ1) is 10.4. The van der Waals surface area contributed by atoms with Crippen molar-refractivity contribution in [2.24, 2.45) is 5.92 Å². The van der Waals surface area contributed by atoms with E-state index in [1.54, 1.807) is 0 Å². The van der Waals surface area contributed by atoms with Crippen LogP contribution in [0.15, 0.2) is 0 Å². The van der Waals surface area contributed by atoms with Gasteiger partial charge in [-0.05, 0) is 34.6 Å². The first-order chi connectivity index (χ1) is 6.39. The summed E-state index contributed by atoms with van der Waals surface area (Å²) in [6.07, 6.45) is 0. The van der Waals surface area contributed by atoms with E-state index in [9.17, 15) is 0 Å². The lowest BCUT2D eigenvalue weighted by Crippen LogP contribution is -2.58. The molecule has 0 saturated carbocycles. The van der Waals surface area contributed by atoms with Crippen LogP contribution in [0.3, 0.4) is 0 Å². The van der Waals surface area contributed by atoms with Crippen molar-refractivity contribution in [3.63, 3.8) is 0 Å². The molecule has 2 nitrogen and oxygen atoms in total. The Balaban J connectivity index is 1.96. The second kappa shape index (κ2) is 3.21. The summed E-state index contributed by atoms with van der Waals surface area (Å²) in [5, 5.41) is 0. The lowest BCUT2D eigenvalue weighted by Gasteiger charge is -2.46. The second-order valence-corrected chi connectivity index (χ2v) is 6.19. The van der Waals surface area contributed by atoms with Gasteiger partial charge in [0.15, 0.2) is 0 Å². The van der Waals surface area contributed by atoms with Crippen LogP contribution in [0.1, 0.15) is 34.6 Å². The highest BCUT2D eigenvalue weighted by Gasteiger charge is 2.48. The standard InChI is InChI=1S/C12H24N2/c1-9(2)14-7-10-6-13(8-11(10)14)12(3,4)5/h9-11H,6-8H2,1-5H3/t10-,11-/m1/s1. The molecule has 2 atom stereocenters. The molecule has 0 unspecified atom stereocenters. The molecule has 2 aliphatic rings. The molecule has 0 N–H and O–H groups in total. The predicted molar refractivity (Wildman–Crippen MR) is 60.4 cm³/mol. The lowest BCUT2D eigenvalue weighted by atomic mass is 9.90. The van der Waals surface area contributed by atoms with E-state index in [-0.39, 0.29) is 0 Å². The van der Waals surface area contributed by atoms with Crippen molar-refractivity contribution in [1.29, 1.82) is 0 Å². The highest BCUT2D eigenvalue weighted by Crippen LogP contribution is 2.36. The minimum atomic E-state index is 0.361. The molecule has 2 saturated heterocycles. The van der Waals surface area contributed by atoms with Crippen LogP contribution in [0.4, 0.5) is 0 Å². The normalized spacial score (nSPS) is 34.7. The fourth-order valence-electron chi connectivity index (χ4n) is 2.82. The van der Waals surface area contributed by atoms with Gasteiger partial charge in [-0.15, -0.1) is 0 Å². The van der Waals surface area contributed by atoms with Gasteiger partial charge in [-0.2, -0.15) is 0 Å². The van der Waals surface area contributed by atoms with Crippen LogP contribution in [0.2, 0.25) is 0 Å². The third kappa shape index (κ3) is 1.59. The largest absolute Gasteiger partial charge is 0.297 e. The van der Waals surface area contributed by atoms with Crippen molar-refractivity contribution in [2.45, 2.75) is 52.2 Å². The van der Waals surface area contributed by atoms with Gasteiger partial charge in [0, 0.05) is 43.2 Å². The molecule has 0 aromatic heterocycles. The molecule has 2 aliphatic heterocycles. The van der Waals surface area contributed by atoms with Gasteiger partial charge >= 0.3 is 0 Å². The molecule has 14 heavy (non-hydrogen) atoms. The number of hydrogen-bond donors (Lipinski definition) is 0. The molecular weight excluding hydrogens is 172 g/mol. The third-order valence-corrected chi connectivity index (χ3v) is 3.89. The Morgan fingerprint density at radius 1 is 1.07 bits per heavy atom. The van der Waals surface area contributed by atoms with E-state index in [2.05, 4.69) is 44.4 Å². The Bertz CT molecular complexity index is 217. The Morgan fingerprint density at radius 2 is 1.71 bits per heavy atom. The van der Waals surface area contributed by atoms with Crippen molar-refractivity contribution in [3.05, 3.63) is 0 Å². The van der Waals surface area contributed by atoms with Crippen LogP contribution in [-0.2, 0) is 0 Å². The van der Waals surface area contributed by atoms with Gasteiger partial charge in [-0.1, -0.05) is 0 Å². The van der Waals surface area contributed by atoms with Crippen LogP contribution in [0, 0.1) is 5.92 Å². The molecule has 0 spiro atoms. The summed E-state index contributed by atoms with van der Waals surface area (Å²) < 4.78 is 0. The van der Waals surface area contributed by atoms with Gasteiger partial charge in [-0.3, -0.25) is 9.80 Å². The summed E-state index contributed by atoms with van der Waals surface area (Å²) in [5.74, 6) is 0.955. The van der Waals surface area contributed by atoms with Crippen LogP contribution in [-0.4, -0.2) is 47.1 Å². The summed E-state index contributed by atoms with van der Waals surface area (Å²) in [7, 11) is 0. The van der Waals surface area contributed by atoms with Crippen molar-refractivity contribution >= 4 is 0 Å². The summed E-state index contributed by atoms with van der Waals surface area (Å²) in [5.41, 5.74) is 0.361. The topological polar surface area (TPSA) is 6.48 Å². The average Bonchev–Trinajstić information content (AvgIpc) is 2.26. The van der Waals surface area contributed by atoms with Crippen LogP contribution < -0.4 is 0 Å². The first-order valence-electron chi connectivity index (χ1n) is 5.90. The summed E-state index contributed by atoms with van der Waals surface area (Å²) in [6, 6.07) is 1.59. The summed E-state index contributed by atoms with van der Waals surface area (Å²) in [4.78, 5) is 5.29. The van der Waals surface area contributed by atoms with E-state index in [1.807, 2.05) is 0 Å². The molecule has 2 heteroatoms. The first-order valence-corrected chi connectivity index (χ1v) is 5.90. The van der Waals surface area contributed by atoms with Crippen molar-refractivity contribution in [3.8, 4) is 0 Å². The molecule has 0 aromatic rings. The van der Waals surface area contributed by atoms with Crippen molar-refractivity contribution in [1.82, 2.24) is 9.80 Å². The van der Waals surface area contributed by atoms with E-state index < -0.39 is 0 Å². The van der Waals surface area contributed by atoms with Gasteiger partial charge in [0.05, 0.1) is 0 Å². The van der Waals surface area contributed by atoms with Crippen LogP contribution in [0.5, 0.6) is 0 Å². The number of nitrogens with zero attached hydrogens (tertiary/aromatic N) is 2. The fraction of sp³-hybridized carbons (Fsp3) is 1.00. The van der Waals surface area contributed by atoms with E-state index in [0.29, 0.717) is 5.54 Å². The van der Waals surface area contributed by atoms with Gasteiger partial charge in [0.2, 0.25) is 0 Å². The number of hydrogen-bond acceptors (Lipinski definition) is 2. The third-order valence-electron chi connectivity index (χ3n) is 3.89. The van der Waals surface area contributed by atoms with Crippen molar-refractivity contribution < 1.29 is 0 Å². The maximum atomic E-state index is 2.65. The highest BCUT2D eigenvalue weighted by molar-refractivity contribution is 5.03. The Morgan fingerprint density at radius 3 is 2.21 bits per heavy atom. The van der Waals surface area contributed by atoms with Gasteiger partial charge in [-0.25, -0.2) is 0 Å². The minimum Gasteiger partial charge on any atom is -0.297 e. The number of likely N-dealkylation sites (tertiary alicyclic amines) is 2. The monoisotopic (exact) mass is 196 g/mol. The van der Waals surface area contributed by atoms with Gasteiger partial charge in [0.1, 0.15) is 0 Å². The summed E-state index contributed by atoms with van der Waals surface area (Å²) in [6.45, 7) is 15.6. The Hall–Kier alpha value is -0.0800. The van der Waals surface area contributed by atoms with E-state index in [4.69, 9.17) is 0 Å². The quantitative estimate of drug-likeness (QED) is 0.631. The second-order valence-electron chi connectivity index (χ2n) is 6.19. The predicted octanol–water partition coefficient (Wildman–Crippen LogP) is 1.81. The molecule has 2 fully saturated rings. The molecule has 2 heterocycles. The Labute approximate surface area is 88.3 Å². The average molecular weight is 196 g/mol. The number of rotatable bonds is 1. The minimum absolute atomic E-state index is 0.361. The van der Waals surface area contributed by atoms with Crippen LogP contribution >= 0.6 is 0 Å². The van der Waals surface area contributed by atoms with E-state index in [0.717, 1.165) is 18.0 Å². The maximum absolute atomic E-state index is 2.65. The van der Waals surface area contributed by atoms with Crippen molar-refractivity contribution in [2.75, 3.05) is 19.6 Å². The zero-order valence-electron chi connectivity index (χ0n) is 10.2. The molecule has 0 amide bonds. The zero-order chi connectivity index (χ0) is 10.5. The van der Waals surface area contributed by atoms with E-state index >= 15 is 0 Å².